The number of carbonyl (C=O) groups excluding carboxylic acids is 7. The lowest BCUT2D eigenvalue weighted by atomic mass is 9.98. The standard InChI is InChI=1S/C53H70N8O21S/c1-25-20-61-45(46(25)70)50(74)55-19-29(65)17-36(54)47(71)56-42(26(2)64)51(75)60-21-30(66)18-37(60)48(72)57-43(40(69)15-27-11-12-38(67)41(16-27)80-83-82-81-78)49(73)58-44(52(61)76)39(68)13-14-59(28(22-62)23-63)53(77)79-24-35-33-9-5-3-7-31(33)32-8-4-6-10-34(32)35/h3-12,16,25-26,28-30,35-37,39-40,42-46,62-70,78H,13-15,17-24,54H2,1-2H3,(H,55,74)(H,56,71)(H,57,72)(H,58,73)/t25-,26+,29+,30+,36-,37-,39+,40+,42-,43-,44-,45-,46-/m0/s1. The number of β-amino-alcohol motifs (C(OH)–C–C–N with tert-alkyl or cyclic N) is 1. The van der Waals surface area contributed by atoms with Gasteiger partial charge in [0.2, 0.25) is 35.4 Å². The molecule has 454 valence electrons. The van der Waals surface area contributed by atoms with Gasteiger partial charge in [-0.05, 0) is 59.7 Å². The number of aliphatic hydroxyl groups is 8. The van der Waals surface area contributed by atoms with Gasteiger partial charge in [-0.15, -0.1) is 0 Å². The Balaban J connectivity index is 1.25. The van der Waals surface area contributed by atoms with Crippen LogP contribution in [-0.4, -0.2) is 232 Å². The van der Waals surface area contributed by atoms with Crippen LogP contribution < -0.4 is 31.2 Å². The normalized spacial score (nSPS) is 26.8. The number of ether oxygens (including phenoxy) is 1. The molecule has 29 nitrogen and oxygen atoms in total. The number of hydrogen-bond donors (Lipinski definition) is 15. The van der Waals surface area contributed by atoms with Gasteiger partial charge in [-0.25, -0.2) is 10.1 Å². The molecule has 3 heterocycles. The smallest absolute Gasteiger partial charge is 0.410 e. The van der Waals surface area contributed by atoms with Crippen LogP contribution in [0.4, 0.5) is 4.79 Å². The molecule has 3 aromatic carbocycles. The summed E-state index contributed by atoms with van der Waals surface area (Å²) in [4.78, 5) is 103. The van der Waals surface area contributed by atoms with Crippen LogP contribution in [0, 0.1) is 5.92 Å². The first-order chi connectivity index (χ1) is 39.6. The Kier molecular flexibility index (Phi) is 22.0. The number of nitrogens with one attached hydrogen (secondary N) is 4. The molecule has 0 unspecified atom stereocenters. The van der Waals surface area contributed by atoms with Crippen LogP contribution in [-0.2, 0) is 49.3 Å². The summed E-state index contributed by atoms with van der Waals surface area (Å²) < 4.78 is 15.2. The van der Waals surface area contributed by atoms with Gasteiger partial charge < -0.3 is 96.6 Å². The predicted octanol–water partition coefficient (Wildman–Crippen LogP) is -3.77. The maximum Gasteiger partial charge on any atom is 0.410 e. The first-order valence-corrected chi connectivity index (χ1v) is 27.4. The van der Waals surface area contributed by atoms with Crippen LogP contribution in [0.3, 0.4) is 0 Å². The molecule has 1 aliphatic carbocycles. The van der Waals surface area contributed by atoms with Gasteiger partial charge in [-0.3, -0.25) is 28.8 Å². The largest absolute Gasteiger partial charge is 0.504 e. The van der Waals surface area contributed by atoms with Crippen LogP contribution >= 0.6 is 12.3 Å². The molecule has 3 aliphatic heterocycles. The monoisotopic (exact) mass is 1190 g/mol. The van der Waals surface area contributed by atoms with Crippen LogP contribution in [0.2, 0.25) is 0 Å². The van der Waals surface area contributed by atoms with E-state index in [1.807, 2.05) is 48.5 Å². The third-order valence-corrected chi connectivity index (χ3v) is 15.6. The van der Waals surface area contributed by atoms with Gasteiger partial charge in [0.05, 0.1) is 61.9 Å². The Labute approximate surface area is 479 Å². The summed E-state index contributed by atoms with van der Waals surface area (Å²) in [5.74, 6) is -9.20. The number of hydrogen-bond acceptors (Lipinski definition) is 23. The van der Waals surface area contributed by atoms with E-state index in [0.717, 1.165) is 56.0 Å². The summed E-state index contributed by atoms with van der Waals surface area (Å²) in [6.07, 6.45) is -13.8. The molecule has 16 N–H and O–H groups in total. The van der Waals surface area contributed by atoms with E-state index in [9.17, 15) is 69.9 Å². The fourth-order valence-electron chi connectivity index (χ4n) is 10.8. The highest BCUT2D eigenvalue weighted by molar-refractivity contribution is 7.90. The number of nitrogens with zero attached hydrogens (tertiary/aromatic N) is 3. The number of amides is 7. The van der Waals surface area contributed by atoms with Crippen LogP contribution in [0.1, 0.15) is 55.7 Å². The van der Waals surface area contributed by atoms with Crippen LogP contribution in [0.25, 0.3) is 11.1 Å². The minimum Gasteiger partial charge on any atom is -0.504 e. The molecule has 83 heavy (non-hydrogen) atoms. The molecule has 7 rings (SSSR count). The fourth-order valence-corrected chi connectivity index (χ4v) is 11.0. The predicted molar refractivity (Wildman–Crippen MR) is 287 cm³/mol. The van der Waals surface area contributed by atoms with E-state index < -0.39 is 203 Å². The minimum atomic E-state index is -2.21. The van der Waals surface area contributed by atoms with E-state index in [-0.39, 0.29) is 30.2 Å². The molecular formula is C53H70N8O21S. The molecule has 3 fully saturated rings. The molecule has 0 aromatic heterocycles. The van der Waals surface area contributed by atoms with Crippen LogP contribution in [0.15, 0.2) is 66.7 Å². The third-order valence-electron chi connectivity index (χ3n) is 15.2. The highest BCUT2D eigenvalue weighted by atomic mass is 32.2. The van der Waals surface area contributed by atoms with Gasteiger partial charge in [0, 0.05) is 50.9 Å². The van der Waals surface area contributed by atoms with Crippen molar-refractivity contribution in [1.29, 1.82) is 0 Å². The van der Waals surface area contributed by atoms with Crippen molar-refractivity contribution in [2.75, 3.05) is 46.0 Å². The highest BCUT2D eigenvalue weighted by Gasteiger charge is 2.50. The Morgan fingerprint density at radius 2 is 1.41 bits per heavy atom. The lowest BCUT2D eigenvalue weighted by Gasteiger charge is -2.35. The summed E-state index contributed by atoms with van der Waals surface area (Å²) in [6.45, 7) is -1.39. The summed E-state index contributed by atoms with van der Waals surface area (Å²) in [7, 11) is 0. The number of fused-ring (bicyclic) bond motifs is 5. The Morgan fingerprint density at radius 1 is 0.783 bits per heavy atom. The van der Waals surface area contributed by atoms with Gasteiger partial charge in [-0.2, -0.15) is 0 Å². The van der Waals surface area contributed by atoms with E-state index in [0.29, 0.717) is 0 Å². The number of phenols is 1. The Hall–Kier alpha value is -6.78. The zero-order chi connectivity index (χ0) is 60.4. The SMILES string of the molecule is C[C@@H](O)[C@@H]1NC(=O)[C@@H](N)C[C@@H](O)CNC(=O)[C@@H]2[C@@H](O)[C@@H](C)CN2C(=O)[C@H]([C@H](O)CCN(C(=O)OCC2c3ccccc3-c3ccccc32)C(CO)CO)NC(=O)[C@H]([C@H](O)Cc2ccc(O)c(OSOOO)c2)NC(=O)[C@@H]2C[C@@H](O)CN2C1=O. The molecule has 0 bridgehead atoms. The number of aliphatic hydroxyl groups excluding tert-OH is 8. The first kappa shape index (κ1) is 63.8. The molecular weight excluding hydrogens is 1120 g/mol. The van der Waals surface area contributed by atoms with Crippen molar-refractivity contribution in [3.05, 3.63) is 83.4 Å². The Morgan fingerprint density at radius 3 is 2.05 bits per heavy atom. The molecule has 3 saturated heterocycles. The van der Waals surface area contributed by atoms with Gasteiger partial charge in [0.25, 0.3) is 12.3 Å². The van der Waals surface area contributed by atoms with Crippen molar-refractivity contribution in [1.82, 2.24) is 36.0 Å². The minimum absolute atomic E-state index is 0.0587. The molecule has 0 radical (unpaired) electrons. The average molecular weight is 1190 g/mol. The number of phenolic OH excluding ortho intramolecular Hbond substituents is 1. The maximum atomic E-state index is 15.1. The second kappa shape index (κ2) is 28.7. The fraction of sp³-hybridized carbons (Fsp3) is 0.528. The average Bonchev–Trinajstić information content (AvgIpc) is 2.84. The van der Waals surface area contributed by atoms with E-state index in [2.05, 4.69) is 30.6 Å². The van der Waals surface area contributed by atoms with Crippen molar-refractivity contribution >= 4 is 53.9 Å². The van der Waals surface area contributed by atoms with E-state index in [1.54, 1.807) is 0 Å². The van der Waals surface area contributed by atoms with E-state index in [1.165, 1.54) is 13.0 Å². The molecule has 7 amide bonds. The summed E-state index contributed by atoms with van der Waals surface area (Å²) in [5.41, 5.74) is 9.78. The lowest BCUT2D eigenvalue weighted by Crippen LogP contribution is -2.64. The number of rotatable bonds is 17. The molecule has 13 atom stereocenters. The van der Waals surface area contributed by atoms with Gasteiger partial charge >= 0.3 is 6.09 Å². The number of benzene rings is 3. The molecule has 0 saturated carbocycles. The lowest BCUT2D eigenvalue weighted by molar-refractivity contribution is -0.433. The highest BCUT2D eigenvalue weighted by Crippen LogP contribution is 2.44. The molecule has 3 aromatic rings. The Bertz CT molecular complexity index is 2750. The maximum absolute atomic E-state index is 15.1. The first-order valence-electron chi connectivity index (χ1n) is 26.7. The van der Waals surface area contributed by atoms with Gasteiger partial charge in [-0.1, -0.05) is 70.9 Å². The summed E-state index contributed by atoms with van der Waals surface area (Å²) in [6, 6.07) is 5.90. The summed E-state index contributed by atoms with van der Waals surface area (Å²) >= 11 is 0.0587. The quantitative estimate of drug-likeness (QED) is 0.0267. The van der Waals surface area contributed by atoms with Gasteiger partial charge in [0.1, 0.15) is 36.8 Å². The second-order valence-corrected chi connectivity index (χ2v) is 21.4. The molecule has 4 aliphatic rings. The van der Waals surface area contributed by atoms with E-state index in [4.69, 9.17) is 19.9 Å². The van der Waals surface area contributed by atoms with Crippen molar-refractivity contribution in [2.45, 2.75) is 124 Å². The van der Waals surface area contributed by atoms with Crippen LogP contribution in [0.5, 0.6) is 11.5 Å². The van der Waals surface area contributed by atoms with E-state index >= 15 is 9.59 Å². The number of aromatic hydroxyl groups is 1. The third kappa shape index (κ3) is 15.0. The number of carbonyl (C=O) groups is 7. The number of nitrogens with two attached hydrogens (primary N) is 1. The second-order valence-electron chi connectivity index (χ2n) is 21.0. The molecule has 0 spiro atoms. The zero-order valence-electron chi connectivity index (χ0n) is 45.1. The van der Waals surface area contributed by atoms with Gasteiger partial charge in [0.15, 0.2) is 11.5 Å². The topological polar surface area (TPSA) is 443 Å². The van der Waals surface area contributed by atoms with Crippen molar-refractivity contribution in [3.63, 3.8) is 0 Å². The van der Waals surface area contributed by atoms with Crippen molar-refractivity contribution < 1.29 is 103 Å². The van der Waals surface area contributed by atoms with Crippen molar-refractivity contribution in [3.8, 4) is 22.6 Å². The van der Waals surface area contributed by atoms with Crippen molar-refractivity contribution in [2.24, 2.45) is 11.7 Å². The molecule has 30 heteroatoms. The zero-order valence-corrected chi connectivity index (χ0v) is 45.9. The summed E-state index contributed by atoms with van der Waals surface area (Å²) in [5, 5.41) is 121.